The molecule has 1 aliphatic heterocycles. The molecule has 2 rings (SSSR count). The van der Waals surface area contributed by atoms with Crippen molar-refractivity contribution >= 4 is 0 Å². The lowest BCUT2D eigenvalue weighted by Crippen LogP contribution is -2.29. The number of hydrogen-bond donors (Lipinski definition) is 1. The number of rotatable bonds is 5. The fourth-order valence-electron chi connectivity index (χ4n) is 2.13. The van der Waals surface area contributed by atoms with Crippen molar-refractivity contribution in [1.29, 1.82) is 0 Å². The predicted molar refractivity (Wildman–Crippen MR) is 70.9 cm³/mol. The SMILES string of the molecule is COc1ccc(CN[C@@H]2CCOC2)nc1C(C)C. The molecule has 18 heavy (non-hydrogen) atoms. The second kappa shape index (κ2) is 6.16. The van der Waals surface area contributed by atoms with Gasteiger partial charge in [0, 0.05) is 19.2 Å². The summed E-state index contributed by atoms with van der Waals surface area (Å²) in [4.78, 5) is 4.68. The average Bonchev–Trinajstić information content (AvgIpc) is 2.89. The van der Waals surface area contributed by atoms with Crippen molar-refractivity contribution < 1.29 is 9.47 Å². The van der Waals surface area contributed by atoms with Crippen molar-refractivity contribution in [2.45, 2.75) is 38.8 Å². The van der Waals surface area contributed by atoms with Gasteiger partial charge in [-0.1, -0.05) is 13.8 Å². The van der Waals surface area contributed by atoms with Crippen LogP contribution in [-0.4, -0.2) is 31.3 Å². The Bertz CT molecular complexity index is 387. The largest absolute Gasteiger partial charge is 0.495 e. The van der Waals surface area contributed by atoms with Gasteiger partial charge in [0.15, 0.2) is 0 Å². The molecule has 100 valence electrons. The third-order valence-electron chi connectivity index (χ3n) is 3.21. The van der Waals surface area contributed by atoms with E-state index in [0.29, 0.717) is 12.0 Å². The van der Waals surface area contributed by atoms with Crippen LogP contribution in [0, 0.1) is 0 Å². The molecule has 0 radical (unpaired) electrons. The van der Waals surface area contributed by atoms with E-state index in [1.165, 1.54) is 0 Å². The van der Waals surface area contributed by atoms with Gasteiger partial charge in [0.05, 0.1) is 25.1 Å². The van der Waals surface area contributed by atoms with Gasteiger partial charge in [-0.3, -0.25) is 4.98 Å². The van der Waals surface area contributed by atoms with Gasteiger partial charge in [-0.15, -0.1) is 0 Å². The van der Waals surface area contributed by atoms with Gasteiger partial charge >= 0.3 is 0 Å². The average molecular weight is 250 g/mol. The predicted octanol–water partition coefficient (Wildman–Crippen LogP) is 2.09. The second-order valence-corrected chi connectivity index (χ2v) is 4.99. The van der Waals surface area contributed by atoms with Crippen LogP contribution >= 0.6 is 0 Å². The van der Waals surface area contributed by atoms with Crippen molar-refractivity contribution in [3.05, 3.63) is 23.5 Å². The van der Waals surface area contributed by atoms with Crippen molar-refractivity contribution in [3.8, 4) is 5.75 Å². The van der Waals surface area contributed by atoms with Gasteiger partial charge < -0.3 is 14.8 Å². The number of nitrogens with zero attached hydrogens (tertiary/aromatic N) is 1. The molecule has 1 aromatic heterocycles. The first-order valence-electron chi connectivity index (χ1n) is 6.55. The number of ether oxygens (including phenoxy) is 2. The van der Waals surface area contributed by atoms with Crippen LogP contribution in [0.1, 0.15) is 37.6 Å². The van der Waals surface area contributed by atoms with Crippen LogP contribution in [0.25, 0.3) is 0 Å². The van der Waals surface area contributed by atoms with Gasteiger partial charge in [0.1, 0.15) is 5.75 Å². The van der Waals surface area contributed by atoms with Gasteiger partial charge in [0.25, 0.3) is 0 Å². The van der Waals surface area contributed by atoms with Gasteiger partial charge in [-0.2, -0.15) is 0 Å². The van der Waals surface area contributed by atoms with E-state index in [0.717, 1.165) is 43.3 Å². The summed E-state index contributed by atoms with van der Waals surface area (Å²) in [5, 5.41) is 3.47. The molecule has 0 aliphatic carbocycles. The van der Waals surface area contributed by atoms with E-state index in [1.807, 2.05) is 12.1 Å². The molecule has 1 aliphatic rings. The highest BCUT2D eigenvalue weighted by Crippen LogP contribution is 2.24. The van der Waals surface area contributed by atoms with Gasteiger partial charge in [-0.25, -0.2) is 0 Å². The lowest BCUT2D eigenvalue weighted by molar-refractivity contribution is 0.189. The summed E-state index contributed by atoms with van der Waals surface area (Å²) in [6.45, 7) is 6.73. The smallest absolute Gasteiger partial charge is 0.140 e. The number of nitrogens with one attached hydrogen (secondary N) is 1. The summed E-state index contributed by atoms with van der Waals surface area (Å²) in [6.07, 6.45) is 1.09. The van der Waals surface area contributed by atoms with Crippen molar-refractivity contribution in [2.24, 2.45) is 0 Å². The molecule has 0 bridgehead atoms. The van der Waals surface area contributed by atoms with Crippen LogP contribution in [0.2, 0.25) is 0 Å². The Kier molecular flexibility index (Phi) is 4.55. The Morgan fingerprint density at radius 3 is 2.94 bits per heavy atom. The van der Waals surface area contributed by atoms with Crippen LogP contribution in [0.3, 0.4) is 0 Å². The third-order valence-corrected chi connectivity index (χ3v) is 3.21. The maximum Gasteiger partial charge on any atom is 0.140 e. The maximum atomic E-state index is 5.34. The van der Waals surface area contributed by atoms with Crippen LogP contribution in [0.5, 0.6) is 5.75 Å². The lowest BCUT2D eigenvalue weighted by atomic mass is 10.1. The summed E-state index contributed by atoms with van der Waals surface area (Å²) in [5.74, 6) is 1.24. The minimum absolute atomic E-state index is 0.370. The molecule has 4 nitrogen and oxygen atoms in total. The summed E-state index contributed by atoms with van der Waals surface area (Å²) in [5.41, 5.74) is 2.09. The normalized spacial score (nSPS) is 19.4. The summed E-state index contributed by atoms with van der Waals surface area (Å²) >= 11 is 0. The first-order chi connectivity index (χ1) is 8.70. The standard InChI is InChI=1S/C14H22N2O2/c1-10(2)14-13(17-3)5-4-11(16-14)8-15-12-6-7-18-9-12/h4-5,10,12,15H,6-9H2,1-3H3/t12-/m1/s1. The zero-order valence-corrected chi connectivity index (χ0v) is 11.4. The van der Waals surface area contributed by atoms with Crippen LogP contribution in [0.4, 0.5) is 0 Å². The zero-order valence-electron chi connectivity index (χ0n) is 11.4. The second-order valence-electron chi connectivity index (χ2n) is 4.99. The highest BCUT2D eigenvalue weighted by atomic mass is 16.5. The van der Waals surface area contributed by atoms with E-state index in [2.05, 4.69) is 24.1 Å². The van der Waals surface area contributed by atoms with Crippen LogP contribution in [0.15, 0.2) is 12.1 Å². The number of hydrogen-bond acceptors (Lipinski definition) is 4. The molecule has 0 amide bonds. The Labute approximate surface area is 109 Å². The molecule has 1 N–H and O–H groups in total. The van der Waals surface area contributed by atoms with E-state index >= 15 is 0 Å². The molecule has 1 atom stereocenters. The topological polar surface area (TPSA) is 43.4 Å². The van der Waals surface area contributed by atoms with E-state index in [-0.39, 0.29) is 0 Å². The monoisotopic (exact) mass is 250 g/mol. The molecule has 2 heterocycles. The molecule has 0 spiro atoms. The Morgan fingerprint density at radius 2 is 2.33 bits per heavy atom. The van der Waals surface area contributed by atoms with Gasteiger partial charge in [0.2, 0.25) is 0 Å². The Morgan fingerprint density at radius 1 is 1.50 bits per heavy atom. The molecule has 1 fully saturated rings. The molecule has 1 aromatic rings. The lowest BCUT2D eigenvalue weighted by Gasteiger charge is -2.14. The van der Waals surface area contributed by atoms with E-state index in [1.54, 1.807) is 7.11 Å². The Hall–Kier alpha value is -1.13. The van der Waals surface area contributed by atoms with Crippen molar-refractivity contribution in [3.63, 3.8) is 0 Å². The quantitative estimate of drug-likeness (QED) is 0.869. The Balaban J connectivity index is 2.01. The van der Waals surface area contributed by atoms with Crippen LogP contribution in [-0.2, 0) is 11.3 Å². The fraction of sp³-hybridized carbons (Fsp3) is 0.643. The highest BCUT2D eigenvalue weighted by molar-refractivity contribution is 5.31. The van der Waals surface area contributed by atoms with Crippen molar-refractivity contribution in [1.82, 2.24) is 10.3 Å². The summed E-state index contributed by atoms with van der Waals surface area (Å²) < 4.78 is 10.7. The molecular formula is C14H22N2O2. The molecule has 1 saturated heterocycles. The molecular weight excluding hydrogens is 228 g/mol. The number of aromatic nitrogens is 1. The number of pyridine rings is 1. The third kappa shape index (κ3) is 3.21. The fourth-order valence-corrected chi connectivity index (χ4v) is 2.13. The van der Waals surface area contributed by atoms with Crippen molar-refractivity contribution in [2.75, 3.05) is 20.3 Å². The zero-order chi connectivity index (χ0) is 13.0. The highest BCUT2D eigenvalue weighted by Gasteiger charge is 2.15. The minimum atomic E-state index is 0.370. The molecule has 0 saturated carbocycles. The van der Waals surface area contributed by atoms with E-state index in [9.17, 15) is 0 Å². The summed E-state index contributed by atoms with van der Waals surface area (Å²) in [6, 6.07) is 4.49. The van der Waals surface area contributed by atoms with E-state index in [4.69, 9.17) is 9.47 Å². The van der Waals surface area contributed by atoms with E-state index < -0.39 is 0 Å². The molecule has 0 unspecified atom stereocenters. The summed E-state index contributed by atoms with van der Waals surface area (Å²) in [7, 11) is 1.69. The molecule has 4 heteroatoms. The van der Waals surface area contributed by atoms with Gasteiger partial charge in [-0.05, 0) is 24.5 Å². The molecule has 0 aromatic carbocycles. The number of methoxy groups -OCH3 is 1. The minimum Gasteiger partial charge on any atom is -0.495 e. The first kappa shape index (κ1) is 13.3. The van der Waals surface area contributed by atoms with Crippen LogP contribution < -0.4 is 10.1 Å². The maximum absolute atomic E-state index is 5.34. The first-order valence-corrected chi connectivity index (χ1v) is 6.55.